The minimum atomic E-state index is -0.519. The molecule has 3 heterocycles. The van der Waals surface area contributed by atoms with Gasteiger partial charge in [-0.3, -0.25) is 10.3 Å². The van der Waals surface area contributed by atoms with Crippen molar-refractivity contribution in [3.8, 4) is 0 Å². The molecule has 2 fully saturated rings. The minimum absolute atomic E-state index is 0.129. The van der Waals surface area contributed by atoms with Crippen molar-refractivity contribution in [2.45, 2.75) is 37.1 Å². The maximum absolute atomic E-state index is 13.8. The van der Waals surface area contributed by atoms with Gasteiger partial charge in [0.15, 0.2) is 0 Å². The molecule has 150 valence electrons. The number of piperidine rings is 1. The first-order valence-electron chi connectivity index (χ1n) is 10.00. The van der Waals surface area contributed by atoms with Crippen LogP contribution in [0.1, 0.15) is 19.3 Å². The van der Waals surface area contributed by atoms with E-state index >= 15 is 0 Å². The third kappa shape index (κ3) is 4.17. The van der Waals surface area contributed by atoms with Crippen LogP contribution in [0.15, 0.2) is 29.0 Å². The highest BCUT2D eigenvalue weighted by molar-refractivity contribution is 8.12. The number of hydrogen-bond donors (Lipinski definition) is 2. The third-order valence-corrected chi connectivity index (χ3v) is 7.47. The minimum Gasteiger partial charge on any atom is -0.378 e. The summed E-state index contributed by atoms with van der Waals surface area (Å²) in [5.74, 6) is 1.51. The number of ether oxygens (including phenoxy) is 1. The summed E-state index contributed by atoms with van der Waals surface area (Å²) in [5.41, 5.74) is 1.71. The summed E-state index contributed by atoms with van der Waals surface area (Å²) >= 11 is 1.75. The zero-order valence-electron chi connectivity index (χ0n) is 15.9. The molecule has 0 bridgehead atoms. The molecule has 4 rings (SSSR count). The number of aliphatic imine (C=N–C) groups is 1. The van der Waals surface area contributed by atoms with Crippen LogP contribution < -0.4 is 5.32 Å². The Labute approximate surface area is 165 Å². The molecule has 0 aromatic heterocycles. The monoisotopic (exact) mass is 395 g/mol. The van der Waals surface area contributed by atoms with Crippen LogP contribution >= 0.6 is 11.8 Å². The van der Waals surface area contributed by atoms with Crippen molar-refractivity contribution < 1.29 is 14.2 Å². The quantitative estimate of drug-likeness (QED) is 0.676. The molecule has 4 aliphatic rings. The van der Waals surface area contributed by atoms with Gasteiger partial charge in [-0.2, -0.15) is 0 Å². The lowest BCUT2D eigenvalue weighted by Gasteiger charge is -2.43. The number of aliphatic hydroxyl groups is 1. The van der Waals surface area contributed by atoms with Gasteiger partial charge in [0.25, 0.3) is 0 Å². The highest BCUT2D eigenvalue weighted by atomic mass is 32.2. The Kier molecular flexibility index (Phi) is 6.04. The summed E-state index contributed by atoms with van der Waals surface area (Å²) in [4.78, 5) is 6.94. The SMILES string of the molecule is CNC(O)C(CC1CSC=N1)CN1CCC2(CC1)OCC1C=CC(F)=CC12. The number of rotatable bonds is 6. The molecule has 1 spiro atoms. The molecular formula is C20H30FN3O2S. The van der Waals surface area contributed by atoms with E-state index in [1.165, 1.54) is 0 Å². The molecule has 27 heavy (non-hydrogen) atoms. The fraction of sp³-hybridized carbons (Fsp3) is 0.750. The van der Waals surface area contributed by atoms with Gasteiger partial charge in [0, 0.05) is 43.1 Å². The van der Waals surface area contributed by atoms with Gasteiger partial charge < -0.3 is 14.7 Å². The molecule has 0 radical (unpaired) electrons. The van der Waals surface area contributed by atoms with Crippen molar-refractivity contribution in [1.82, 2.24) is 10.2 Å². The van der Waals surface area contributed by atoms with Crippen LogP contribution in [0.3, 0.4) is 0 Å². The average molecular weight is 396 g/mol. The molecule has 7 heteroatoms. The summed E-state index contributed by atoms with van der Waals surface area (Å²) in [6, 6.07) is 0.306. The molecule has 5 unspecified atom stereocenters. The Morgan fingerprint density at radius 1 is 1.48 bits per heavy atom. The Morgan fingerprint density at radius 3 is 3.00 bits per heavy atom. The molecule has 1 aliphatic carbocycles. The van der Waals surface area contributed by atoms with E-state index in [9.17, 15) is 9.50 Å². The Balaban J connectivity index is 1.35. The smallest absolute Gasteiger partial charge is 0.119 e. The van der Waals surface area contributed by atoms with Crippen LogP contribution in [-0.4, -0.2) is 72.5 Å². The summed E-state index contributed by atoms with van der Waals surface area (Å²) in [6.07, 6.45) is 7.54. The van der Waals surface area contributed by atoms with Crippen molar-refractivity contribution in [2.24, 2.45) is 22.7 Å². The average Bonchev–Trinajstić information content (AvgIpc) is 3.31. The summed E-state index contributed by atoms with van der Waals surface area (Å²) < 4.78 is 20.0. The van der Waals surface area contributed by atoms with Crippen molar-refractivity contribution in [3.63, 3.8) is 0 Å². The summed E-state index contributed by atoms with van der Waals surface area (Å²) in [6.45, 7) is 3.41. The van der Waals surface area contributed by atoms with Crippen LogP contribution in [-0.2, 0) is 4.74 Å². The Bertz CT molecular complexity index is 618. The number of halogens is 1. The molecule has 2 N–H and O–H groups in total. The molecule has 5 atom stereocenters. The standard InChI is InChI=1S/C20H30FN3O2S/c1-22-19(25)15(8-17-12-27-13-23-17)10-24-6-4-20(5-7-24)18-9-16(21)3-2-14(18)11-26-20/h2-3,9,13-15,17-19,22,25H,4-8,10-12H2,1H3. The van der Waals surface area contributed by atoms with Crippen molar-refractivity contribution >= 4 is 17.3 Å². The predicted molar refractivity (Wildman–Crippen MR) is 108 cm³/mol. The lowest BCUT2D eigenvalue weighted by atomic mass is 9.73. The van der Waals surface area contributed by atoms with E-state index in [4.69, 9.17) is 4.74 Å². The van der Waals surface area contributed by atoms with Crippen LogP contribution in [0.2, 0.25) is 0 Å². The number of thioether (sulfide) groups is 1. The topological polar surface area (TPSA) is 57.1 Å². The van der Waals surface area contributed by atoms with Gasteiger partial charge in [-0.15, -0.1) is 11.8 Å². The number of aliphatic hydroxyl groups excluding tert-OH is 1. The predicted octanol–water partition coefficient (Wildman–Crippen LogP) is 2.19. The Morgan fingerprint density at radius 2 is 2.30 bits per heavy atom. The molecule has 0 aromatic rings. The highest BCUT2D eigenvalue weighted by Gasteiger charge is 2.50. The second-order valence-corrected chi connectivity index (χ2v) is 9.13. The van der Waals surface area contributed by atoms with E-state index in [0.29, 0.717) is 18.6 Å². The van der Waals surface area contributed by atoms with E-state index in [0.717, 1.165) is 44.6 Å². The van der Waals surface area contributed by atoms with Crippen molar-refractivity contribution in [3.05, 3.63) is 24.1 Å². The van der Waals surface area contributed by atoms with Crippen molar-refractivity contribution in [2.75, 3.05) is 39.0 Å². The molecule has 0 saturated carbocycles. The number of likely N-dealkylation sites (tertiary alicyclic amines) is 1. The first-order chi connectivity index (χ1) is 13.1. The Hall–Kier alpha value is -0.730. The number of nitrogens with one attached hydrogen (secondary N) is 1. The maximum atomic E-state index is 13.8. The molecule has 2 saturated heterocycles. The maximum Gasteiger partial charge on any atom is 0.119 e. The lowest BCUT2D eigenvalue weighted by Crippen LogP contribution is -2.51. The van der Waals surface area contributed by atoms with Crippen LogP contribution in [0, 0.1) is 17.8 Å². The second kappa shape index (κ2) is 8.33. The molecular weight excluding hydrogens is 365 g/mol. The van der Waals surface area contributed by atoms with Gasteiger partial charge in [0.05, 0.1) is 23.8 Å². The number of nitrogens with zero attached hydrogens (tertiary/aromatic N) is 2. The fourth-order valence-corrected chi connectivity index (χ4v) is 5.80. The first kappa shape index (κ1) is 19.6. The van der Waals surface area contributed by atoms with Crippen LogP contribution in [0.5, 0.6) is 0 Å². The van der Waals surface area contributed by atoms with E-state index in [1.807, 2.05) is 11.6 Å². The van der Waals surface area contributed by atoms with Gasteiger partial charge in [0.1, 0.15) is 12.1 Å². The second-order valence-electron chi connectivity index (χ2n) is 8.25. The number of fused-ring (bicyclic) bond motifs is 2. The molecule has 3 aliphatic heterocycles. The molecule has 0 amide bonds. The van der Waals surface area contributed by atoms with Gasteiger partial charge in [-0.1, -0.05) is 6.08 Å². The lowest BCUT2D eigenvalue weighted by molar-refractivity contribution is -0.0641. The van der Waals surface area contributed by atoms with Gasteiger partial charge >= 0.3 is 0 Å². The normalized spacial score (nSPS) is 34.6. The fourth-order valence-electron chi connectivity index (χ4n) is 5.01. The van der Waals surface area contributed by atoms with Crippen molar-refractivity contribution in [1.29, 1.82) is 0 Å². The largest absolute Gasteiger partial charge is 0.378 e. The molecule has 0 aromatic carbocycles. The van der Waals surface area contributed by atoms with E-state index in [-0.39, 0.29) is 23.3 Å². The highest BCUT2D eigenvalue weighted by Crippen LogP contribution is 2.47. The molecule has 5 nitrogen and oxygen atoms in total. The van der Waals surface area contributed by atoms with Gasteiger partial charge in [-0.05, 0) is 38.5 Å². The number of allylic oxidation sites excluding steroid dienone is 2. The van der Waals surface area contributed by atoms with E-state index in [2.05, 4.69) is 15.2 Å². The summed E-state index contributed by atoms with van der Waals surface area (Å²) in [7, 11) is 1.81. The number of hydrogen-bond acceptors (Lipinski definition) is 6. The third-order valence-electron chi connectivity index (χ3n) is 6.62. The van der Waals surface area contributed by atoms with E-state index in [1.54, 1.807) is 31.0 Å². The van der Waals surface area contributed by atoms with Gasteiger partial charge in [0.2, 0.25) is 0 Å². The van der Waals surface area contributed by atoms with Crippen LogP contribution in [0.4, 0.5) is 4.39 Å². The zero-order chi connectivity index (χ0) is 18.9. The van der Waals surface area contributed by atoms with E-state index < -0.39 is 6.23 Å². The van der Waals surface area contributed by atoms with Crippen LogP contribution in [0.25, 0.3) is 0 Å². The first-order valence-corrected chi connectivity index (χ1v) is 11.0. The van der Waals surface area contributed by atoms with Gasteiger partial charge in [-0.25, -0.2) is 4.39 Å². The summed E-state index contributed by atoms with van der Waals surface area (Å²) in [5, 5.41) is 13.4. The zero-order valence-corrected chi connectivity index (χ0v) is 16.7.